The van der Waals surface area contributed by atoms with Gasteiger partial charge in [0.25, 0.3) is 0 Å². The van der Waals surface area contributed by atoms with Crippen LogP contribution in [-0.2, 0) is 32.1 Å². The van der Waals surface area contributed by atoms with Crippen molar-refractivity contribution in [2.45, 2.75) is 32.1 Å². The second-order valence-electron chi connectivity index (χ2n) is 37.8. The smallest absolute Gasteiger partial charge is 0.0549 e. The van der Waals surface area contributed by atoms with Crippen molar-refractivity contribution in [3.63, 3.8) is 0 Å². The first-order valence-corrected chi connectivity index (χ1v) is 48.1. The van der Waals surface area contributed by atoms with E-state index in [1.54, 1.807) is 0 Å². The predicted molar refractivity (Wildman–Crippen MR) is 572 cm³/mol. The Hall–Kier alpha value is -17.6. The lowest BCUT2D eigenvalue weighted by atomic mass is 9.96. The van der Waals surface area contributed by atoms with Gasteiger partial charge in [-0.1, -0.05) is 322 Å². The summed E-state index contributed by atoms with van der Waals surface area (Å²) in [6.45, 7) is 0. The zero-order valence-corrected chi connectivity index (χ0v) is 74.9. The summed E-state index contributed by atoms with van der Waals surface area (Å²) in [6.07, 6.45) is 4.80. The first-order valence-electron chi connectivity index (χ1n) is 48.1. The minimum absolute atomic E-state index is 0.912. The van der Waals surface area contributed by atoms with Gasteiger partial charge in [0.05, 0.1) is 83.3 Å². The lowest BCUT2D eigenvalue weighted by Gasteiger charge is -2.14. The number of aromatic nitrogens is 6. The molecule has 27 aromatic rings. The number of rotatable bonds is 7. The molecule has 0 saturated carbocycles. The quantitative estimate of drug-likeness (QED) is 0.152. The van der Waals surface area contributed by atoms with Gasteiger partial charge >= 0.3 is 0 Å². The number of benzene rings is 21. The van der Waals surface area contributed by atoms with E-state index in [9.17, 15) is 0 Å². The van der Waals surface area contributed by atoms with Crippen molar-refractivity contribution in [2.75, 3.05) is 0 Å². The van der Waals surface area contributed by atoms with E-state index in [0.29, 0.717) is 0 Å². The van der Waals surface area contributed by atoms with Crippen molar-refractivity contribution >= 4 is 131 Å². The fourth-order valence-corrected chi connectivity index (χ4v) is 25.3. The first-order chi connectivity index (χ1) is 68.0. The summed E-state index contributed by atoms with van der Waals surface area (Å²) in [5, 5.41) is 15.7. The molecule has 21 aromatic carbocycles. The fraction of sp³-hybridized carbons (Fsp3) is 0.0382. The van der Waals surface area contributed by atoms with Gasteiger partial charge in [-0.3, -0.25) is 0 Å². The van der Waals surface area contributed by atoms with Crippen LogP contribution in [0.3, 0.4) is 0 Å². The second-order valence-corrected chi connectivity index (χ2v) is 37.8. The summed E-state index contributed by atoms with van der Waals surface area (Å²) in [5.74, 6) is 0. The minimum atomic E-state index is 0.912. The molecular weight excluding hydrogens is 1660 g/mol. The minimum Gasteiger partial charge on any atom is -0.309 e. The van der Waals surface area contributed by atoms with Gasteiger partial charge < -0.3 is 27.4 Å². The maximum absolute atomic E-state index is 2.53. The van der Waals surface area contributed by atoms with Gasteiger partial charge in [-0.25, -0.2) is 0 Å². The van der Waals surface area contributed by atoms with Crippen molar-refractivity contribution in [1.29, 1.82) is 0 Å². The van der Waals surface area contributed by atoms with Crippen LogP contribution in [0.15, 0.2) is 449 Å². The molecule has 0 N–H and O–H groups in total. The summed E-state index contributed by atoms with van der Waals surface area (Å²) in [4.78, 5) is 0. The van der Waals surface area contributed by atoms with Crippen molar-refractivity contribution in [3.8, 4) is 101 Å². The normalized spacial score (nSPS) is 12.8. The van der Waals surface area contributed by atoms with Crippen LogP contribution in [0.5, 0.6) is 0 Å². The first kappa shape index (κ1) is 76.0. The van der Waals surface area contributed by atoms with Crippen LogP contribution in [0.2, 0.25) is 0 Å². The number of hydrogen-bond acceptors (Lipinski definition) is 0. The van der Waals surface area contributed by atoms with Crippen molar-refractivity contribution in [1.82, 2.24) is 27.4 Å². The third-order valence-electron chi connectivity index (χ3n) is 30.9. The highest BCUT2D eigenvalue weighted by Crippen LogP contribution is 2.53. The van der Waals surface area contributed by atoms with Gasteiger partial charge in [0, 0.05) is 101 Å². The van der Waals surface area contributed by atoms with Gasteiger partial charge in [0.15, 0.2) is 0 Å². The van der Waals surface area contributed by atoms with Crippen LogP contribution in [-0.4, -0.2) is 27.4 Å². The molecule has 6 heterocycles. The molecule has 0 spiro atoms. The lowest BCUT2D eigenvalue weighted by Crippen LogP contribution is -2.00. The van der Waals surface area contributed by atoms with Gasteiger partial charge in [-0.05, 0) is 263 Å². The van der Waals surface area contributed by atoms with Crippen LogP contribution in [0.25, 0.3) is 232 Å². The van der Waals surface area contributed by atoms with E-state index in [2.05, 4.69) is 476 Å². The Bertz CT molecular complexity index is 9520. The Morgan fingerprint density at radius 3 is 0.752 bits per heavy atom. The Kier molecular flexibility index (Phi) is 16.3. The highest BCUT2D eigenvalue weighted by molar-refractivity contribution is 6.32. The van der Waals surface area contributed by atoms with E-state index < -0.39 is 0 Å². The molecule has 137 heavy (non-hydrogen) atoms. The van der Waals surface area contributed by atoms with Crippen molar-refractivity contribution < 1.29 is 0 Å². The van der Waals surface area contributed by atoms with Crippen LogP contribution < -0.4 is 0 Å². The molecule has 0 saturated heterocycles. The molecule has 0 aliphatic heterocycles. The third-order valence-corrected chi connectivity index (χ3v) is 30.9. The van der Waals surface area contributed by atoms with E-state index >= 15 is 0 Å². The SMILES string of the molecule is c1ccc(-c2cccc3c2Cc2c-3cccc2-n2c3ccccc3c3c4c5ccccc5n(-c5ccccc5)c4ccc32)cc1.c1ccc2c(c1)Cc1c-2cccc1-n1c2ccccc2c2c3c4ccccc4n(-c4cccc5c4Cc4ccccc4-5)c3ccc21.c1ccc2c(c1)Cc1cc(-n3c4ccccc4c4c5c6ccccc6n(-c6ccc7c(c6)Cc6ccccc6-7)c5ccc43)ccc1-2. The average molecular weight is 1740 g/mol. The maximum atomic E-state index is 2.53. The standard InChI is InChI=1S/2C44H28N2.C43H28N2/c1-3-13-29-27(11-1)25-35-31(29)17-9-21-39(35)45-37-19-7-5-15-33(37)43-41(45)23-24-42-44(43)34-16-6-8-20-38(34)46(42)40-22-10-18-32-30-14-4-2-12-28(30)26-36(32)40;1-3-11-33-27(9-1)23-29-25-31(17-19-35(29)33)45-39-15-7-5-13-37(39)43-41(45)21-22-42-44(43)38-14-6-8-16-40(38)46(42)32-18-20-36-30(26-32)24-28-10-2-4-12-34(28)36;1-3-13-28(14-4-1)30-19-11-20-31-32-21-12-24-39(36(32)27-35(30)31)45-38-23-10-8-18-34(38)43-41(45)26-25-40-42(43)33-17-7-9-22-37(33)44(40)29-15-5-2-6-16-29/h1-24H,25-26H2;1-22,25-26H,23-24H2;1-26H,27H2. The topological polar surface area (TPSA) is 29.6 Å². The van der Waals surface area contributed by atoms with Gasteiger partial charge in [0.2, 0.25) is 0 Å². The summed E-state index contributed by atoms with van der Waals surface area (Å²) in [6, 6.07) is 166. The Morgan fingerprint density at radius 1 is 0.131 bits per heavy atom. The van der Waals surface area contributed by atoms with Crippen LogP contribution >= 0.6 is 0 Å². The van der Waals surface area contributed by atoms with E-state index in [4.69, 9.17) is 0 Å². The number of para-hydroxylation sites is 7. The molecule has 6 heteroatoms. The summed E-state index contributed by atoms with van der Waals surface area (Å²) in [7, 11) is 0. The number of hydrogen-bond donors (Lipinski definition) is 0. The molecule has 0 amide bonds. The molecule has 5 aliphatic rings. The molecule has 6 aromatic heterocycles. The van der Waals surface area contributed by atoms with E-state index in [0.717, 1.165) is 32.1 Å². The molecule has 0 bridgehead atoms. The molecule has 5 aliphatic carbocycles. The van der Waals surface area contributed by atoms with E-state index in [-0.39, 0.29) is 0 Å². The highest BCUT2D eigenvalue weighted by Gasteiger charge is 2.33. The molecule has 32 rings (SSSR count). The van der Waals surface area contributed by atoms with Crippen molar-refractivity contribution in [3.05, 3.63) is 505 Å². The van der Waals surface area contributed by atoms with E-state index in [1.165, 1.54) is 287 Å². The summed E-state index contributed by atoms with van der Waals surface area (Å²) >= 11 is 0. The highest BCUT2D eigenvalue weighted by atomic mass is 15.0. The third kappa shape index (κ3) is 11.0. The Balaban J connectivity index is 0.0000000973. The van der Waals surface area contributed by atoms with Crippen LogP contribution in [0, 0.1) is 0 Å². The zero-order valence-electron chi connectivity index (χ0n) is 74.9. The number of fused-ring (bicyclic) bond motifs is 36. The monoisotopic (exact) mass is 1740 g/mol. The van der Waals surface area contributed by atoms with E-state index in [1.807, 2.05) is 0 Å². The molecule has 638 valence electrons. The Labute approximate surface area is 790 Å². The molecule has 0 fully saturated rings. The summed E-state index contributed by atoms with van der Waals surface area (Å²) in [5.41, 5.74) is 52.7. The molecule has 0 radical (unpaired) electrons. The number of nitrogens with zero attached hydrogens (tertiary/aromatic N) is 6. The molecular formula is C131H84N6. The van der Waals surface area contributed by atoms with Gasteiger partial charge in [-0.15, -0.1) is 0 Å². The van der Waals surface area contributed by atoms with Gasteiger partial charge in [-0.2, -0.15) is 0 Å². The maximum Gasteiger partial charge on any atom is 0.0549 e. The molecule has 6 nitrogen and oxygen atoms in total. The largest absolute Gasteiger partial charge is 0.309 e. The van der Waals surface area contributed by atoms with Gasteiger partial charge in [0.1, 0.15) is 0 Å². The lowest BCUT2D eigenvalue weighted by molar-refractivity contribution is 1.12. The fourth-order valence-electron chi connectivity index (χ4n) is 25.3. The zero-order chi connectivity index (χ0) is 89.3. The molecule has 0 unspecified atom stereocenters. The molecule has 0 atom stereocenters. The predicted octanol–water partition coefficient (Wildman–Crippen LogP) is 33.2. The average Bonchev–Trinajstić information content (AvgIpc) is 1.55. The van der Waals surface area contributed by atoms with Crippen molar-refractivity contribution in [2.24, 2.45) is 0 Å². The van der Waals surface area contributed by atoms with Crippen LogP contribution in [0.1, 0.15) is 55.6 Å². The summed E-state index contributed by atoms with van der Waals surface area (Å²) < 4.78 is 14.9. The second kappa shape index (κ2) is 29.5. The van der Waals surface area contributed by atoms with Crippen LogP contribution in [0.4, 0.5) is 0 Å². The Morgan fingerprint density at radius 2 is 0.380 bits per heavy atom.